The van der Waals surface area contributed by atoms with Crippen LogP contribution in [0.15, 0.2) is 43.0 Å². The molecule has 0 aliphatic rings. The van der Waals surface area contributed by atoms with E-state index >= 15 is 0 Å². The average molecular weight is 388 g/mol. The Balaban J connectivity index is 2.29. The number of hydrogen-bond acceptors (Lipinski definition) is 6. The lowest BCUT2D eigenvalue weighted by molar-refractivity contribution is 0.0251. The van der Waals surface area contributed by atoms with Crippen molar-refractivity contribution in [2.24, 2.45) is 0 Å². The predicted molar refractivity (Wildman–Crippen MR) is 108 cm³/mol. The molecular formula is C22H28O6. The Morgan fingerprint density at radius 2 is 1.64 bits per heavy atom. The summed E-state index contributed by atoms with van der Waals surface area (Å²) in [5.74, 6) is 2.12. The Morgan fingerprint density at radius 3 is 2.18 bits per heavy atom. The van der Waals surface area contributed by atoms with Gasteiger partial charge in [-0.15, -0.1) is 6.58 Å². The summed E-state index contributed by atoms with van der Waals surface area (Å²) >= 11 is 0. The number of phenolic OH excluding ortho intramolecular Hbond substituents is 1. The Bertz CT molecular complexity index is 762. The Morgan fingerprint density at radius 1 is 1.00 bits per heavy atom. The van der Waals surface area contributed by atoms with Gasteiger partial charge in [0.15, 0.2) is 23.0 Å². The van der Waals surface area contributed by atoms with E-state index in [2.05, 4.69) is 6.58 Å². The first-order chi connectivity index (χ1) is 13.6. The minimum atomic E-state index is -0.359. The van der Waals surface area contributed by atoms with E-state index in [1.165, 1.54) is 7.11 Å². The largest absolute Gasteiger partial charge is 0.504 e. The molecule has 0 aliphatic heterocycles. The zero-order valence-electron chi connectivity index (χ0n) is 16.9. The molecule has 0 spiro atoms. The lowest BCUT2D eigenvalue weighted by Gasteiger charge is -2.21. The molecule has 0 fully saturated rings. The van der Waals surface area contributed by atoms with Gasteiger partial charge >= 0.3 is 0 Å². The average Bonchev–Trinajstić information content (AvgIpc) is 2.71. The maximum absolute atomic E-state index is 9.82. The molecule has 1 unspecified atom stereocenters. The summed E-state index contributed by atoms with van der Waals surface area (Å²) in [7, 11) is 4.68. The molecule has 0 aromatic heterocycles. The maximum atomic E-state index is 9.82. The molecule has 6 heteroatoms. The van der Waals surface area contributed by atoms with Gasteiger partial charge in [-0.2, -0.15) is 0 Å². The molecule has 2 aromatic rings. The molecule has 0 heterocycles. The van der Waals surface area contributed by atoms with Crippen molar-refractivity contribution in [3.8, 4) is 28.7 Å². The summed E-state index contributed by atoms with van der Waals surface area (Å²) in [6, 6.07) is 8.90. The van der Waals surface area contributed by atoms with Crippen molar-refractivity contribution in [1.82, 2.24) is 0 Å². The third kappa shape index (κ3) is 5.10. The van der Waals surface area contributed by atoms with Crippen molar-refractivity contribution in [2.75, 3.05) is 34.5 Å². The molecule has 2 aromatic carbocycles. The second-order valence-electron chi connectivity index (χ2n) is 6.01. The highest BCUT2D eigenvalue weighted by molar-refractivity contribution is 5.54. The summed E-state index contributed by atoms with van der Waals surface area (Å²) in [5.41, 5.74) is 1.85. The van der Waals surface area contributed by atoms with Gasteiger partial charge in [-0.3, -0.25) is 0 Å². The Hall–Kier alpha value is -2.86. The third-order valence-electron chi connectivity index (χ3n) is 4.22. The summed E-state index contributed by atoms with van der Waals surface area (Å²) < 4.78 is 28.1. The molecule has 1 atom stereocenters. The molecule has 0 radical (unpaired) electrons. The number of ether oxygens (including phenoxy) is 5. The van der Waals surface area contributed by atoms with Crippen LogP contribution in [0.5, 0.6) is 28.7 Å². The van der Waals surface area contributed by atoms with Crippen LogP contribution in [0.4, 0.5) is 0 Å². The van der Waals surface area contributed by atoms with Crippen molar-refractivity contribution < 1.29 is 28.8 Å². The Labute approximate surface area is 166 Å². The fourth-order valence-corrected chi connectivity index (χ4v) is 2.86. The highest BCUT2D eigenvalue weighted by atomic mass is 16.6. The van der Waals surface area contributed by atoms with E-state index in [9.17, 15) is 5.11 Å². The molecule has 6 nitrogen and oxygen atoms in total. The normalized spacial score (nSPS) is 11.6. The zero-order valence-corrected chi connectivity index (χ0v) is 16.9. The van der Waals surface area contributed by atoms with E-state index in [0.29, 0.717) is 36.0 Å². The molecule has 0 saturated heterocycles. The number of methoxy groups -OCH3 is 3. The van der Waals surface area contributed by atoms with E-state index in [1.54, 1.807) is 32.4 Å². The maximum Gasteiger partial charge on any atom is 0.203 e. The van der Waals surface area contributed by atoms with E-state index < -0.39 is 0 Å². The molecule has 2 rings (SSSR count). The van der Waals surface area contributed by atoms with Gasteiger partial charge in [0.25, 0.3) is 0 Å². The van der Waals surface area contributed by atoms with Gasteiger partial charge < -0.3 is 28.8 Å². The second kappa shape index (κ2) is 10.5. The van der Waals surface area contributed by atoms with Crippen LogP contribution in [0, 0.1) is 0 Å². The SMILES string of the molecule is C=CCc1cc(OC)c(OCC(OCC)c2ccc(O)c(OC)c2)c(OC)c1. The number of hydrogen-bond donors (Lipinski definition) is 1. The standard InChI is InChI=1S/C22H28O6/c1-6-8-15-11-19(25-4)22(20(12-15)26-5)28-14-21(27-7-2)16-9-10-17(23)18(13-16)24-3/h6,9-13,21,23H,1,7-8,14H2,2-5H3. The number of benzene rings is 2. The summed E-state index contributed by atoms with van der Waals surface area (Å²) in [6.07, 6.45) is 2.15. The number of phenols is 1. The summed E-state index contributed by atoms with van der Waals surface area (Å²) in [4.78, 5) is 0. The Kier molecular flexibility index (Phi) is 8.02. The first kappa shape index (κ1) is 21.4. The fourth-order valence-electron chi connectivity index (χ4n) is 2.86. The molecular weight excluding hydrogens is 360 g/mol. The third-order valence-corrected chi connectivity index (χ3v) is 4.22. The van der Waals surface area contributed by atoms with Gasteiger partial charge in [-0.25, -0.2) is 0 Å². The van der Waals surface area contributed by atoms with Crippen molar-refractivity contribution in [1.29, 1.82) is 0 Å². The fraction of sp³-hybridized carbons (Fsp3) is 0.364. The molecule has 0 aliphatic carbocycles. The quantitative estimate of drug-likeness (QED) is 0.579. The van der Waals surface area contributed by atoms with E-state index in [4.69, 9.17) is 23.7 Å². The van der Waals surface area contributed by atoms with Gasteiger partial charge in [0.1, 0.15) is 12.7 Å². The molecule has 0 bridgehead atoms. The summed E-state index contributed by atoms with van der Waals surface area (Å²) in [6.45, 7) is 6.41. The van der Waals surface area contributed by atoms with Gasteiger partial charge in [-0.05, 0) is 48.7 Å². The molecule has 0 saturated carbocycles. The van der Waals surface area contributed by atoms with Crippen molar-refractivity contribution >= 4 is 0 Å². The van der Waals surface area contributed by atoms with Crippen LogP contribution in [0.3, 0.4) is 0 Å². The first-order valence-corrected chi connectivity index (χ1v) is 9.04. The predicted octanol–water partition coefficient (Wildman–Crippen LogP) is 4.30. The molecule has 0 amide bonds. The topological polar surface area (TPSA) is 66.4 Å². The van der Waals surface area contributed by atoms with Crippen LogP contribution in [0.2, 0.25) is 0 Å². The molecule has 28 heavy (non-hydrogen) atoms. The number of allylic oxidation sites excluding steroid dienone is 1. The van der Waals surface area contributed by atoms with Gasteiger partial charge in [0.05, 0.1) is 21.3 Å². The highest BCUT2D eigenvalue weighted by Crippen LogP contribution is 2.40. The van der Waals surface area contributed by atoms with Crippen LogP contribution < -0.4 is 18.9 Å². The van der Waals surface area contributed by atoms with Gasteiger partial charge in [0, 0.05) is 6.61 Å². The number of aromatic hydroxyl groups is 1. The molecule has 152 valence electrons. The van der Waals surface area contributed by atoms with E-state index in [0.717, 1.165) is 11.1 Å². The van der Waals surface area contributed by atoms with E-state index in [1.807, 2.05) is 25.1 Å². The second-order valence-corrected chi connectivity index (χ2v) is 6.01. The van der Waals surface area contributed by atoms with Crippen molar-refractivity contribution in [3.63, 3.8) is 0 Å². The minimum absolute atomic E-state index is 0.0727. The lowest BCUT2D eigenvalue weighted by Crippen LogP contribution is -2.15. The number of rotatable bonds is 11. The highest BCUT2D eigenvalue weighted by Gasteiger charge is 2.19. The molecule has 1 N–H and O–H groups in total. The zero-order chi connectivity index (χ0) is 20.5. The summed E-state index contributed by atoms with van der Waals surface area (Å²) in [5, 5.41) is 9.82. The first-order valence-electron chi connectivity index (χ1n) is 9.04. The van der Waals surface area contributed by atoms with Crippen molar-refractivity contribution in [2.45, 2.75) is 19.4 Å². The van der Waals surface area contributed by atoms with Gasteiger partial charge in [-0.1, -0.05) is 12.1 Å². The van der Waals surface area contributed by atoms with E-state index in [-0.39, 0.29) is 18.5 Å². The smallest absolute Gasteiger partial charge is 0.203 e. The van der Waals surface area contributed by atoms with Crippen LogP contribution in [-0.2, 0) is 11.2 Å². The van der Waals surface area contributed by atoms with Crippen LogP contribution in [0.25, 0.3) is 0 Å². The van der Waals surface area contributed by atoms with Crippen LogP contribution in [-0.4, -0.2) is 39.6 Å². The van der Waals surface area contributed by atoms with Crippen LogP contribution in [0.1, 0.15) is 24.2 Å². The van der Waals surface area contributed by atoms with Crippen molar-refractivity contribution in [3.05, 3.63) is 54.1 Å². The monoisotopic (exact) mass is 388 g/mol. The lowest BCUT2D eigenvalue weighted by atomic mass is 10.1. The van der Waals surface area contributed by atoms with Gasteiger partial charge in [0.2, 0.25) is 5.75 Å². The van der Waals surface area contributed by atoms with Crippen LogP contribution >= 0.6 is 0 Å². The minimum Gasteiger partial charge on any atom is -0.504 e.